The molecule has 1 amide bonds. The normalized spacial score (nSPS) is 16.0. The zero-order valence-electron chi connectivity index (χ0n) is 14.5. The number of hydrogen-bond donors (Lipinski definition) is 2. The minimum Gasteiger partial charge on any atom is -0.478 e. The highest BCUT2D eigenvalue weighted by Crippen LogP contribution is 2.30. The number of fused-ring (bicyclic) bond motifs is 1. The molecule has 1 unspecified atom stereocenters. The summed E-state index contributed by atoms with van der Waals surface area (Å²) in [6.07, 6.45) is 0.726. The quantitative estimate of drug-likeness (QED) is 0.831. The second-order valence-corrected chi connectivity index (χ2v) is 6.22. The molecular formula is C20H21NO5. The zero-order chi connectivity index (χ0) is 18.5. The van der Waals surface area contributed by atoms with Gasteiger partial charge in [0, 0.05) is 12.8 Å². The maximum absolute atomic E-state index is 12.5. The largest absolute Gasteiger partial charge is 0.478 e. The summed E-state index contributed by atoms with van der Waals surface area (Å²) in [6, 6.07) is 12.6. The maximum Gasteiger partial charge on any atom is 0.335 e. The molecule has 6 heteroatoms. The molecule has 3 rings (SSSR count). The molecule has 0 aromatic heterocycles. The van der Waals surface area contributed by atoms with E-state index in [-0.39, 0.29) is 30.6 Å². The molecule has 0 spiro atoms. The first-order valence-electron chi connectivity index (χ1n) is 8.42. The van der Waals surface area contributed by atoms with Crippen molar-refractivity contribution in [2.45, 2.75) is 25.6 Å². The lowest BCUT2D eigenvalue weighted by Crippen LogP contribution is -2.22. The van der Waals surface area contributed by atoms with Crippen molar-refractivity contribution in [3.05, 3.63) is 64.7 Å². The van der Waals surface area contributed by atoms with E-state index in [2.05, 4.69) is 11.4 Å². The molecule has 1 atom stereocenters. The minimum absolute atomic E-state index is 0.106. The SMILES string of the molecule is COCc1cc(NC(=O)CC2OCCc3ccccc32)cc(C(=O)O)c1. The number of aromatic carboxylic acids is 1. The summed E-state index contributed by atoms with van der Waals surface area (Å²) in [6.45, 7) is 0.852. The van der Waals surface area contributed by atoms with E-state index >= 15 is 0 Å². The van der Waals surface area contributed by atoms with E-state index in [1.165, 1.54) is 24.8 Å². The molecule has 2 aromatic carbocycles. The highest BCUT2D eigenvalue weighted by atomic mass is 16.5. The van der Waals surface area contributed by atoms with Gasteiger partial charge in [-0.3, -0.25) is 4.79 Å². The highest BCUT2D eigenvalue weighted by molar-refractivity contribution is 5.94. The molecule has 26 heavy (non-hydrogen) atoms. The third-order valence-corrected chi connectivity index (χ3v) is 4.30. The van der Waals surface area contributed by atoms with Crippen LogP contribution in [0.5, 0.6) is 0 Å². The highest BCUT2D eigenvalue weighted by Gasteiger charge is 2.23. The van der Waals surface area contributed by atoms with Crippen LogP contribution in [0, 0.1) is 0 Å². The summed E-state index contributed by atoms with van der Waals surface area (Å²) >= 11 is 0. The summed E-state index contributed by atoms with van der Waals surface area (Å²) in [7, 11) is 1.53. The standard InChI is InChI=1S/C20H21NO5/c1-25-12-13-8-15(20(23)24)10-16(9-13)21-19(22)11-18-17-5-3-2-4-14(17)6-7-26-18/h2-5,8-10,18H,6-7,11-12H2,1H3,(H,21,22)(H,23,24). The molecular weight excluding hydrogens is 334 g/mol. The van der Waals surface area contributed by atoms with E-state index in [1.54, 1.807) is 6.07 Å². The Morgan fingerprint density at radius 1 is 1.27 bits per heavy atom. The fraction of sp³-hybridized carbons (Fsp3) is 0.300. The number of methoxy groups -OCH3 is 1. The van der Waals surface area contributed by atoms with E-state index in [1.807, 2.05) is 18.2 Å². The first kappa shape index (κ1) is 18.1. The van der Waals surface area contributed by atoms with Crippen molar-refractivity contribution in [1.29, 1.82) is 0 Å². The van der Waals surface area contributed by atoms with Crippen LogP contribution in [-0.2, 0) is 27.3 Å². The molecule has 1 aliphatic heterocycles. The number of carbonyl (C=O) groups is 2. The Morgan fingerprint density at radius 2 is 2.08 bits per heavy atom. The van der Waals surface area contributed by atoms with Gasteiger partial charge in [0.15, 0.2) is 0 Å². The number of anilines is 1. The van der Waals surface area contributed by atoms with E-state index in [0.29, 0.717) is 17.9 Å². The van der Waals surface area contributed by atoms with Gasteiger partial charge in [0.25, 0.3) is 0 Å². The van der Waals surface area contributed by atoms with Crippen molar-refractivity contribution in [1.82, 2.24) is 0 Å². The Morgan fingerprint density at radius 3 is 2.85 bits per heavy atom. The minimum atomic E-state index is -1.05. The molecule has 136 valence electrons. The van der Waals surface area contributed by atoms with Gasteiger partial charge in [0.2, 0.25) is 5.91 Å². The number of ether oxygens (including phenoxy) is 2. The second-order valence-electron chi connectivity index (χ2n) is 6.22. The van der Waals surface area contributed by atoms with Crippen LogP contribution in [0.3, 0.4) is 0 Å². The fourth-order valence-electron chi connectivity index (χ4n) is 3.16. The maximum atomic E-state index is 12.5. The van der Waals surface area contributed by atoms with Crippen LogP contribution in [0.2, 0.25) is 0 Å². The molecule has 2 aromatic rings. The van der Waals surface area contributed by atoms with Gasteiger partial charge in [-0.15, -0.1) is 0 Å². The summed E-state index contributed by atoms with van der Waals surface area (Å²) < 4.78 is 10.8. The Kier molecular flexibility index (Phi) is 5.65. The predicted octanol–water partition coefficient (Wildman–Crippen LogP) is 3.17. The summed E-state index contributed by atoms with van der Waals surface area (Å²) in [5, 5.41) is 12.0. The van der Waals surface area contributed by atoms with Crippen molar-refractivity contribution in [2.75, 3.05) is 19.0 Å². The summed E-state index contributed by atoms with van der Waals surface area (Å²) in [4.78, 5) is 23.7. The van der Waals surface area contributed by atoms with Gasteiger partial charge in [0.05, 0.1) is 31.3 Å². The van der Waals surface area contributed by atoms with Crippen LogP contribution in [0.4, 0.5) is 5.69 Å². The van der Waals surface area contributed by atoms with Crippen LogP contribution in [0.15, 0.2) is 42.5 Å². The number of benzene rings is 2. The molecule has 1 heterocycles. The predicted molar refractivity (Wildman–Crippen MR) is 96.2 cm³/mol. The lowest BCUT2D eigenvalue weighted by molar-refractivity contribution is -0.119. The zero-order valence-corrected chi connectivity index (χ0v) is 14.5. The Balaban J connectivity index is 1.73. The number of rotatable bonds is 6. The average molecular weight is 355 g/mol. The number of carboxylic acids is 1. The van der Waals surface area contributed by atoms with Crippen LogP contribution >= 0.6 is 0 Å². The summed E-state index contributed by atoms with van der Waals surface area (Å²) in [5.74, 6) is -1.28. The van der Waals surface area contributed by atoms with Crippen molar-refractivity contribution in [3.8, 4) is 0 Å². The van der Waals surface area contributed by atoms with E-state index < -0.39 is 5.97 Å². The molecule has 0 radical (unpaired) electrons. The van der Waals surface area contributed by atoms with Crippen LogP contribution < -0.4 is 5.32 Å². The number of hydrogen-bond acceptors (Lipinski definition) is 4. The van der Waals surface area contributed by atoms with Crippen LogP contribution in [-0.4, -0.2) is 30.7 Å². The molecule has 2 N–H and O–H groups in total. The van der Waals surface area contributed by atoms with E-state index in [9.17, 15) is 14.7 Å². The average Bonchev–Trinajstić information content (AvgIpc) is 2.62. The van der Waals surface area contributed by atoms with Gasteiger partial charge in [-0.05, 0) is 41.3 Å². The number of carboxylic acid groups (broad SMARTS) is 1. The molecule has 1 aliphatic rings. The molecule has 0 saturated carbocycles. The van der Waals surface area contributed by atoms with Crippen LogP contribution in [0.25, 0.3) is 0 Å². The molecule has 0 saturated heterocycles. The Bertz CT molecular complexity index is 818. The lowest BCUT2D eigenvalue weighted by atomic mass is 9.95. The van der Waals surface area contributed by atoms with Crippen molar-refractivity contribution in [3.63, 3.8) is 0 Å². The smallest absolute Gasteiger partial charge is 0.335 e. The topological polar surface area (TPSA) is 84.9 Å². The number of amides is 1. The fourth-order valence-corrected chi connectivity index (χ4v) is 3.16. The summed E-state index contributed by atoms with van der Waals surface area (Å²) in [5.41, 5.74) is 3.46. The van der Waals surface area contributed by atoms with Gasteiger partial charge < -0.3 is 19.9 Å². The monoisotopic (exact) mass is 355 g/mol. The van der Waals surface area contributed by atoms with Gasteiger partial charge >= 0.3 is 5.97 Å². The van der Waals surface area contributed by atoms with Gasteiger partial charge in [-0.2, -0.15) is 0 Å². The second kappa shape index (κ2) is 8.12. The van der Waals surface area contributed by atoms with Gasteiger partial charge in [-0.1, -0.05) is 24.3 Å². The Hall–Kier alpha value is -2.70. The van der Waals surface area contributed by atoms with Crippen molar-refractivity contribution in [2.24, 2.45) is 0 Å². The van der Waals surface area contributed by atoms with Gasteiger partial charge in [0.1, 0.15) is 0 Å². The molecule has 0 aliphatic carbocycles. The molecule has 6 nitrogen and oxygen atoms in total. The van der Waals surface area contributed by atoms with E-state index in [4.69, 9.17) is 9.47 Å². The number of nitrogens with one attached hydrogen (secondary N) is 1. The molecule has 0 fully saturated rings. The van der Waals surface area contributed by atoms with Crippen LogP contribution in [0.1, 0.15) is 39.6 Å². The van der Waals surface area contributed by atoms with Gasteiger partial charge in [-0.25, -0.2) is 4.79 Å². The third kappa shape index (κ3) is 4.28. The first-order chi connectivity index (χ1) is 12.6. The van der Waals surface area contributed by atoms with Crippen molar-refractivity contribution < 1.29 is 24.2 Å². The first-order valence-corrected chi connectivity index (χ1v) is 8.42. The van der Waals surface area contributed by atoms with Crippen molar-refractivity contribution >= 4 is 17.6 Å². The lowest BCUT2D eigenvalue weighted by Gasteiger charge is -2.25. The molecule has 0 bridgehead atoms. The Labute approximate surface area is 151 Å². The van der Waals surface area contributed by atoms with E-state index in [0.717, 1.165) is 12.0 Å². The third-order valence-electron chi connectivity index (χ3n) is 4.30. The number of carbonyl (C=O) groups excluding carboxylic acids is 1.